The minimum Gasteiger partial charge on any atom is -0.456 e. The third kappa shape index (κ3) is 3.02. The minimum atomic E-state index is -0.210. The summed E-state index contributed by atoms with van der Waals surface area (Å²) in [5.41, 5.74) is 15.2. The molecule has 2 aliphatic carbocycles. The molecule has 3 aromatic heterocycles. The lowest BCUT2D eigenvalue weighted by molar-refractivity contribution is 0.661. The molecule has 228 valence electrons. The third-order valence-electron chi connectivity index (χ3n) is 11.3. The second-order valence-corrected chi connectivity index (χ2v) is 14.1. The van der Waals surface area contributed by atoms with Crippen molar-refractivity contribution in [2.45, 2.75) is 19.3 Å². The van der Waals surface area contributed by atoms with Crippen molar-refractivity contribution < 1.29 is 4.42 Å². The van der Waals surface area contributed by atoms with Crippen LogP contribution >= 0.6 is 0 Å². The SMILES string of the molecule is CC1(C)c2ccccc2-c2cccc(-c3nc4ccccc4nc3-n3c4ccc5cccc6c5c4c4c5c(ccc43)oc3cccc-6c35)c21. The van der Waals surface area contributed by atoms with E-state index in [2.05, 4.69) is 134 Å². The maximum Gasteiger partial charge on any atom is 0.165 e. The van der Waals surface area contributed by atoms with Crippen LogP contribution in [0.3, 0.4) is 0 Å². The first-order valence-corrected chi connectivity index (χ1v) is 16.9. The molecule has 7 aromatic carbocycles. The van der Waals surface area contributed by atoms with Gasteiger partial charge in [0.25, 0.3) is 0 Å². The summed E-state index contributed by atoms with van der Waals surface area (Å²) in [5, 5.41) is 7.29. The fraction of sp³-hybridized carbons (Fsp3) is 0.0667. The Labute approximate surface area is 280 Å². The van der Waals surface area contributed by atoms with Gasteiger partial charge in [0.2, 0.25) is 0 Å². The van der Waals surface area contributed by atoms with Crippen LogP contribution in [0, 0.1) is 0 Å². The number of aromatic nitrogens is 3. The molecule has 49 heavy (non-hydrogen) atoms. The number of nitrogens with zero attached hydrogens (tertiary/aromatic N) is 3. The minimum absolute atomic E-state index is 0.210. The van der Waals surface area contributed by atoms with E-state index in [0.29, 0.717) is 0 Å². The summed E-state index contributed by atoms with van der Waals surface area (Å²) in [6, 6.07) is 45.8. The number of hydrogen-bond acceptors (Lipinski definition) is 3. The van der Waals surface area contributed by atoms with E-state index in [-0.39, 0.29) is 5.41 Å². The molecular weight excluding hydrogens is 599 g/mol. The van der Waals surface area contributed by atoms with Crippen molar-refractivity contribution >= 4 is 65.6 Å². The molecule has 0 unspecified atom stereocenters. The Morgan fingerprint density at radius 1 is 0.490 bits per heavy atom. The van der Waals surface area contributed by atoms with Gasteiger partial charge in [-0.3, -0.25) is 4.57 Å². The van der Waals surface area contributed by atoms with Crippen molar-refractivity contribution in [3.05, 3.63) is 139 Å². The lowest BCUT2D eigenvalue weighted by Gasteiger charge is -2.25. The number of rotatable bonds is 2. The van der Waals surface area contributed by atoms with Gasteiger partial charge in [-0.2, -0.15) is 0 Å². The van der Waals surface area contributed by atoms with Gasteiger partial charge in [0.05, 0.1) is 22.1 Å². The summed E-state index contributed by atoms with van der Waals surface area (Å²) in [4.78, 5) is 11.0. The molecule has 4 nitrogen and oxygen atoms in total. The highest BCUT2D eigenvalue weighted by Crippen LogP contribution is 2.54. The summed E-state index contributed by atoms with van der Waals surface area (Å²) in [6.45, 7) is 4.68. The summed E-state index contributed by atoms with van der Waals surface area (Å²) in [7, 11) is 0. The third-order valence-corrected chi connectivity index (χ3v) is 11.3. The van der Waals surface area contributed by atoms with Crippen LogP contribution < -0.4 is 0 Å². The van der Waals surface area contributed by atoms with Gasteiger partial charge in [-0.25, -0.2) is 9.97 Å². The van der Waals surface area contributed by atoms with Crippen LogP contribution in [0.4, 0.5) is 0 Å². The second kappa shape index (κ2) is 8.60. The summed E-state index contributed by atoms with van der Waals surface area (Å²) < 4.78 is 8.92. The molecule has 12 rings (SSSR count). The highest BCUT2D eigenvalue weighted by Gasteiger charge is 2.38. The van der Waals surface area contributed by atoms with Crippen molar-refractivity contribution in [1.29, 1.82) is 0 Å². The van der Waals surface area contributed by atoms with E-state index < -0.39 is 0 Å². The molecule has 0 saturated heterocycles. The standard InChI is InChI=1S/C45H27N3O/c1-45(2)30-16-4-3-11-25(30)28-14-8-15-29(42(28)45)43-44(47-32-18-6-5-17-31(32)46-43)48-33-21-20-24-10-7-12-26-27-13-9-19-35-38(27)41-36(49-35)23-22-34(48)40(41)39(33)37(24)26/h3-23H,1-2H3. The quantitative estimate of drug-likeness (QED) is 0.192. The lowest BCUT2D eigenvalue weighted by Crippen LogP contribution is -2.17. The largest absolute Gasteiger partial charge is 0.456 e. The zero-order valence-corrected chi connectivity index (χ0v) is 26.9. The van der Waals surface area contributed by atoms with E-state index in [4.69, 9.17) is 14.4 Å². The van der Waals surface area contributed by atoms with Crippen LogP contribution in [0.1, 0.15) is 25.0 Å². The first-order valence-electron chi connectivity index (χ1n) is 16.9. The van der Waals surface area contributed by atoms with Crippen molar-refractivity contribution in [3.63, 3.8) is 0 Å². The van der Waals surface area contributed by atoms with Crippen LogP contribution in [0.2, 0.25) is 0 Å². The molecule has 0 N–H and O–H groups in total. The molecular formula is C45H27N3O. The average Bonchev–Trinajstić information content (AvgIpc) is 3.73. The van der Waals surface area contributed by atoms with E-state index in [1.165, 1.54) is 65.7 Å². The highest BCUT2D eigenvalue weighted by atomic mass is 16.3. The lowest BCUT2D eigenvalue weighted by atomic mass is 9.79. The molecule has 3 heterocycles. The summed E-state index contributed by atoms with van der Waals surface area (Å²) in [6.07, 6.45) is 0. The maximum absolute atomic E-state index is 6.55. The molecule has 0 bridgehead atoms. The average molecular weight is 626 g/mol. The van der Waals surface area contributed by atoms with Crippen LogP contribution in [-0.2, 0) is 5.41 Å². The Bertz CT molecular complexity index is 3140. The van der Waals surface area contributed by atoms with Crippen LogP contribution in [0.25, 0.3) is 105 Å². The number of fused-ring (bicyclic) bond motifs is 5. The fourth-order valence-corrected chi connectivity index (χ4v) is 9.32. The molecule has 2 aliphatic rings. The van der Waals surface area contributed by atoms with Gasteiger partial charge in [0.15, 0.2) is 5.82 Å². The second-order valence-electron chi connectivity index (χ2n) is 14.1. The number of para-hydroxylation sites is 2. The predicted molar refractivity (Wildman–Crippen MR) is 201 cm³/mol. The zero-order chi connectivity index (χ0) is 32.2. The van der Waals surface area contributed by atoms with Gasteiger partial charge in [0, 0.05) is 32.5 Å². The van der Waals surface area contributed by atoms with E-state index in [9.17, 15) is 0 Å². The summed E-state index contributed by atoms with van der Waals surface area (Å²) in [5.74, 6) is 0.837. The molecule has 0 atom stereocenters. The van der Waals surface area contributed by atoms with Gasteiger partial charge in [-0.15, -0.1) is 0 Å². The molecule has 10 aromatic rings. The van der Waals surface area contributed by atoms with E-state index in [1.807, 2.05) is 12.1 Å². The van der Waals surface area contributed by atoms with Crippen molar-refractivity contribution in [2.75, 3.05) is 0 Å². The van der Waals surface area contributed by atoms with E-state index >= 15 is 0 Å². The topological polar surface area (TPSA) is 43.9 Å². The normalized spacial score (nSPS) is 14.1. The van der Waals surface area contributed by atoms with Crippen molar-refractivity contribution in [2.24, 2.45) is 0 Å². The molecule has 4 heteroatoms. The molecule has 0 radical (unpaired) electrons. The smallest absolute Gasteiger partial charge is 0.165 e. The van der Waals surface area contributed by atoms with Gasteiger partial charge in [-0.1, -0.05) is 105 Å². The van der Waals surface area contributed by atoms with Gasteiger partial charge < -0.3 is 4.42 Å². The van der Waals surface area contributed by atoms with Gasteiger partial charge in [-0.05, 0) is 80.6 Å². The van der Waals surface area contributed by atoms with Crippen LogP contribution in [0.15, 0.2) is 132 Å². The van der Waals surface area contributed by atoms with E-state index in [0.717, 1.165) is 50.3 Å². The highest BCUT2D eigenvalue weighted by molar-refractivity contribution is 6.38. The van der Waals surface area contributed by atoms with Crippen LogP contribution in [-0.4, -0.2) is 14.5 Å². The number of hydrogen-bond donors (Lipinski definition) is 0. The first-order chi connectivity index (χ1) is 24.1. The first kappa shape index (κ1) is 25.8. The Morgan fingerprint density at radius 3 is 2.00 bits per heavy atom. The number of furan rings is 1. The molecule has 0 saturated carbocycles. The van der Waals surface area contributed by atoms with Crippen molar-refractivity contribution in [3.8, 4) is 39.3 Å². The molecule has 0 fully saturated rings. The Kier molecular flexibility index (Phi) is 4.53. The Balaban J connectivity index is 1.29. The Hall–Kier alpha value is -6.26. The monoisotopic (exact) mass is 625 g/mol. The molecule has 0 spiro atoms. The van der Waals surface area contributed by atoms with Gasteiger partial charge >= 0.3 is 0 Å². The summed E-state index contributed by atoms with van der Waals surface area (Å²) >= 11 is 0. The maximum atomic E-state index is 6.55. The van der Waals surface area contributed by atoms with Crippen molar-refractivity contribution in [1.82, 2.24) is 14.5 Å². The Morgan fingerprint density at radius 2 is 1.12 bits per heavy atom. The number of benzene rings is 7. The molecule has 0 aliphatic heterocycles. The molecule has 0 amide bonds. The fourth-order valence-electron chi connectivity index (χ4n) is 9.32. The zero-order valence-electron chi connectivity index (χ0n) is 26.9. The van der Waals surface area contributed by atoms with Crippen LogP contribution in [0.5, 0.6) is 0 Å². The van der Waals surface area contributed by atoms with E-state index in [1.54, 1.807) is 0 Å². The van der Waals surface area contributed by atoms with Gasteiger partial charge in [0.1, 0.15) is 16.9 Å². The predicted octanol–water partition coefficient (Wildman–Crippen LogP) is 11.7.